The van der Waals surface area contributed by atoms with Gasteiger partial charge < -0.3 is 9.47 Å². The summed E-state index contributed by atoms with van der Waals surface area (Å²) in [6.45, 7) is 5.50. The van der Waals surface area contributed by atoms with Crippen molar-refractivity contribution in [2.75, 3.05) is 13.2 Å². The molecule has 52 heavy (non-hydrogen) atoms. The molecule has 0 spiro atoms. The Morgan fingerprint density at radius 2 is 0.846 bits per heavy atom. The minimum absolute atomic E-state index is 0.531. The fraction of sp³-hybridized carbons (Fsp3) is 0.250. The quantitative estimate of drug-likeness (QED) is 0.0523. The summed E-state index contributed by atoms with van der Waals surface area (Å²) in [6.07, 6.45) is 12.4. The molecule has 262 valence electrons. The van der Waals surface area contributed by atoms with Crippen LogP contribution in [0.4, 0.5) is 0 Å². The van der Waals surface area contributed by atoms with E-state index in [4.69, 9.17) is 9.47 Å². The number of hydrogen-bond donors (Lipinski definition) is 0. The van der Waals surface area contributed by atoms with Gasteiger partial charge in [-0.15, -0.1) is 0 Å². The zero-order valence-electron chi connectivity index (χ0n) is 30.5. The number of nitriles is 2. The Bertz CT molecular complexity index is 1850. The van der Waals surface area contributed by atoms with E-state index >= 15 is 0 Å². The molecular formula is C48H48N2O2. The van der Waals surface area contributed by atoms with Crippen LogP contribution in [0.5, 0.6) is 11.5 Å². The molecule has 4 heteroatoms. The first-order valence-corrected chi connectivity index (χ1v) is 18.6. The van der Waals surface area contributed by atoms with Crippen molar-refractivity contribution < 1.29 is 9.47 Å². The zero-order chi connectivity index (χ0) is 36.4. The standard InChI is InChI=1S/C48H48N2O2/c1-3-5-7-15-29-51-47-33-44(32-46(36-50)42-27-23-40(24-28-42)38-19-13-10-14-20-38)48(52-30-16-8-6-4-2)34-43(47)31-45(35-49)41-25-21-39(22-26-41)37-17-11-9-12-18-37/h9-14,17-28,31-34H,3-8,15-16,29-30H2,1-2H3/b45-31+,46-32+. The molecule has 5 rings (SSSR count). The van der Waals surface area contributed by atoms with E-state index < -0.39 is 0 Å². The minimum atomic E-state index is 0.531. The molecule has 0 radical (unpaired) electrons. The van der Waals surface area contributed by atoms with Gasteiger partial charge in [0, 0.05) is 11.1 Å². The van der Waals surface area contributed by atoms with E-state index in [1.165, 1.54) is 0 Å². The maximum atomic E-state index is 10.4. The van der Waals surface area contributed by atoms with Crippen molar-refractivity contribution in [2.24, 2.45) is 0 Å². The van der Waals surface area contributed by atoms with Crippen LogP contribution in [0, 0.1) is 22.7 Å². The van der Waals surface area contributed by atoms with Crippen LogP contribution in [0.2, 0.25) is 0 Å². The summed E-state index contributed by atoms with van der Waals surface area (Å²) in [5.74, 6) is 1.32. The second kappa shape index (κ2) is 20.1. The van der Waals surface area contributed by atoms with Crippen LogP contribution < -0.4 is 9.47 Å². The van der Waals surface area contributed by atoms with Crippen molar-refractivity contribution in [1.82, 2.24) is 0 Å². The number of rotatable bonds is 18. The van der Waals surface area contributed by atoms with Gasteiger partial charge in [-0.3, -0.25) is 0 Å². The highest BCUT2D eigenvalue weighted by Gasteiger charge is 2.14. The monoisotopic (exact) mass is 684 g/mol. The largest absolute Gasteiger partial charge is 0.493 e. The summed E-state index contributed by atoms with van der Waals surface area (Å²) in [5.41, 5.74) is 8.70. The predicted octanol–water partition coefficient (Wildman–Crippen LogP) is 13.1. The third-order valence-electron chi connectivity index (χ3n) is 9.10. The Morgan fingerprint density at radius 3 is 1.19 bits per heavy atom. The summed E-state index contributed by atoms with van der Waals surface area (Å²) in [6, 6.07) is 45.4. The number of allylic oxidation sites excluding steroid dienone is 2. The Kier molecular flexibility index (Phi) is 14.5. The zero-order valence-corrected chi connectivity index (χ0v) is 30.5. The molecule has 4 nitrogen and oxygen atoms in total. The average molecular weight is 685 g/mol. The molecule has 5 aromatic carbocycles. The Morgan fingerprint density at radius 1 is 0.481 bits per heavy atom. The smallest absolute Gasteiger partial charge is 0.127 e. The van der Waals surface area contributed by atoms with E-state index in [1.54, 1.807) is 0 Å². The Labute approximate surface area is 310 Å². The number of unbranched alkanes of at least 4 members (excludes halogenated alkanes) is 6. The number of ether oxygens (including phenoxy) is 2. The van der Waals surface area contributed by atoms with Crippen LogP contribution in [-0.2, 0) is 0 Å². The van der Waals surface area contributed by atoms with E-state index in [9.17, 15) is 10.5 Å². The van der Waals surface area contributed by atoms with E-state index in [-0.39, 0.29) is 0 Å². The summed E-state index contributed by atoms with van der Waals surface area (Å²) in [5, 5.41) is 20.7. The lowest BCUT2D eigenvalue weighted by atomic mass is 9.97. The van der Waals surface area contributed by atoms with Gasteiger partial charge in [-0.25, -0.2) is 0 Å². The molecule has 0 fully saturated rings. The van der Waals surface area contributed by atoms with Gasteiger partial charge in [0.2, 0.25) is 0 Å². The molecule has 0 saturated heterocycles. The lowest BCUT2D eigenvalue weighted by Crippen LogP contribution is -2.03. The van der Waals surface area contributed by atoms with Gasteiger partial charge in [0.15, 0.2) is 0 Å². The van der Waals surface area contributed by atoms with Gasteiger partial charge in [-0.2, -0.15) is 10.5 Å². The fourth-order valence-corrected chi connectivity index (χ4v) is 6.11. The highest BCUT2D eigenvalue weighted by Crippen LogP contribution is 2.36. The molecule has 0 aliphatic carbocycles. The van der Waals surface area contributed by atoms with Crippen molar-refractivity contribution >= 4 is 23.3 Å². The molecule has 0 amide bonds. The van der Waals surface area contributed by atoms with Crippen molar-refractivity contribution in [2.45, 2.75) is 65.2 Å². The topological polar surface area (TPSA) is 66.0 Å². The number of nitrogens with zero attached hydrogens (tertiary/aromatic N) is 2. The highest BCUT2D eigenvalue weighted by atomic mass is 16.5. The maximum absolute atomic E-state index is 10.4. The second-order valence-electron chi connectivity index (χ2n) is 13.0. The summed E-state index contributed by atoms with van der Waals surface area (Å²) in [4.78, 5) is 0. The molecule has 0 atom stereocenters. The third-order valence-corrected chi connectivity index (χ3v) is 9.10. The first-order valence-electron chi connectivity index (χ1n) is 18.6. The number of benzene rings is 5. The van der Waals surface area contributed by atoms with E-state index in [0.29, 0.717) is 35.9 Å². The first-order chi connectivity index (χ1) is 25.6. The molecule has 0 unspecified atom stereocenters. The van der Waals surface area contributed by atoms with E-state index in [1.807, 2.05) is 84.9 Å². The Hall–Kier alpha value is -5.84. The Balaban J connectivity index is 1.54. The van der Waals surface area contributed by atoms with Crippen molar-refractivity contribution in [3.05, 3.63) is 144 Å². The van der Waals surface area contributed by atoms with E-state index in [2.05, 4.69) is 74.5 Å². The fourth-order valence-electron chi connectivity index (χ4n) is 6.11. The van der Waals surface area contributed by atoms with Gasteiger partial charge >= 0.3 is 0 Å². The van der Waals surface area contributed by atoms with Crippen LogP contribution in [0.25, 0.3) is 45.6 Å². The van der Waals surface area contributed by atoms with Crippen LogP contribution >= 0.6 is 0 Å². The molecule has 5 aromatic rings. The molecule has 0 saturated carbocycles. The minimum Gasteiger partial charge on any atom is -0.493 e. The van der Waals surface area contributed by atoms with Crippen LogP contribution in [0.3, 0.4) is 0 Å². The van der Waals surface area contributed by atoms with Crippen LogP contribution in [-0.4, -0.2) is 13.2 Å². The van der Waals surface area contributed by atoms with Gasteiger partial charge in [0.05, 0.1) is 36.5 Å². The lowest BCUT2D eigenvalue weighted by Gasteiger charge is -2.16. The van der Waals surface area contributed by atoms with Gasteiger partial charge in [-0.1, -0.05) is 162 Å². The van der Waals surface area contributed by atoms with Gasteiger partial charge in [-0.05, 0) is 70.5 Å². The molecule has 0 aliphatic heterocycles. The molecule has 0 bridgehead atoms. The van der Waals surface area contributed by atoms with Crippen molar-refractivity contribution in [3.8, 4) is 45.9 Å². The summed E-state index contributed by atoms with van der Waals surface area (Å²) >= 11 is 0. The lowest BCUT2D eigenvalue weighted by molar-refractivity contribution is 0.296. The summed E-state index contributed by atoms with van der Waals surface area (Å²) < 4.78 is 12.9. The SMILES string of the molecule is CCCCCCOc1cc(/C=C(\C#N)c2ccc(-c3ccccc3)cc2)c(OCCCCCC)cc1/C=C(\C#N)c1ccc(-c2ccccc2)cc1. The molecule has 0 N–H and O–H groups in total. The average Bonchev–Trinajstić information content (AvgIpc) is 3.20. The first kappa shape index (κ1) is 37.4. The molecule has 0 heterocycles. The summed E-state index contributed by atoms with van der Waals surface area (Å²) in [7, 11) is 0. The highest BCUT2D eigenvalue weighted by molar-refractivity contribution is 5.94. The van der Waals surface area contributed by atoms with Gasteiger partial charge in [0.25, 0.3) is 0 Å². The maximum Gasteiger partial charge on any atom is 0.127 e. The molecule has 0 aliphatic rings. The van der Waals surface area contributed by atoms with Gasteiger partial charge in [0.1, 0.15) is 11.5 Å². The second-order valence-corrected chi connectivity index (χ2v) is 13.0. The molecule has 0 aromatic heterocycles. The molecular weight excluding hydrogens is 637 g/mol. The number of hydrogen-bond acceptors (Lipinski definition) is 4. The predicted molar refractivity (Wildman–Crippen MR) is 216 cm³/mol. The van der Waals surface area contributed by atoms with Crippen molar-refractivity contribution in [1.29, 1.82) is 10.5 Å². The van der Waals surface area contributed by atoms with Crippen molar-refractivity contribution in [3.63, 3.8) is 0 Å². The van der Waals surface area contributed by atoms with Crippen LogP contribution in [0.15, 0.2) is 121 Å². The van der Waals surface area contributed by atoms with Crippen LogP contribution in [0.1, 0.15) is 87.5 Å². The normalized spacial score (nSPS) is 11.5. The van der Waals surface area contributed by atoms with E-state index in [0.717, 1.165) is 95.9 Å². The third kappa shape index (κ3) is 10.6.